The van der Waals surface area contributed by atoms with Crippen molar-refractivity contribution in [1.29, 1.82) is 0 Å². The first-order chi connectivity index (χ1) is 6.36. The number of aromatic amines is 1. The number of aromatic nitrogens is 1. The van der Waals surface area contributed by atoms with Gasteiger partial charge in [0, 0.05) is 10.9 Å². The maximum atomic E-state index is 10.5. The van der Waals surface area contributed by atoms with Crippen molar-refractivity contribution in [3.8, 4) is 0 Å². The number of hydrogen-bond donors (Lipinski definition) is 1. The molecule has 2 rings (SSSR count). The van der Waals surface area contributed by atoms with Gasteiger partial charge in [0.15, 0.2) is 5.94 Å². The van der Waals surface area contributed by atoms with E-state index in [0.717, 1.165) is 5.52 Å². The Morgan fingerprint density at radius 1 is 1.08 bits per heavy atom. The van der Waals surface area contributed by atoms with Gasteiger partial charge in [-0.2, -0.15) is 0 Å². The molecule has 13 heavy (non-hydrogen) atoms. The zero-order valence-corrected chi connectivity index (χ0v) is 6.63. The third kappa shape index (κ3) is 1.00. The van der Waals surface area contributed by atoms with Crippen molar-refractivity contribution in [3.05, 3.63) is 34.8 Å². The van der Waals surface area contributed by atoms with Crippen LogP contribution < -0.4 is 10.6 Å². The topological polar surface area (TPSA) is 49.9 Å². The first-order valence-electron chi connectivity index (χ1n) is 3.74. The van der Waals surface area contributed by atoms with Crippen LogP contribution in [0.1, 0.15) is 0 Å². The van der Waals surface area contributed by atoms with Gasteiger partial charge in [-0.15, -0.1) is 0 Å². The highest BCUT2D eigenvalue weighted by atomic mass is 16.1. The number of nitrogens with one attached hydrogen (secondary N) is 1. The van der Waals surface area contributed by atoms with Crippen molar-refractivity contribution >= 4 is 22.8 Å². The monoisotopic (exact) mass is 171 g/mol. The summed E-state index contributed by atoms with van der Waals surface area (Å²) in [5.41, 5.74) is 0.749. The Labute approximate surface area is 73.0 Å². The Hall–Kier alpha value is -2.08. The van der Waals surface area contributed by atoms with E-state index in [2.05, 4.69) is 4.98 Å². The fraction of sp³-hybridized carbons (Fsp3) is 0. The van der Waals surface area contributed by atoms with E-state index in [4.69, 9.17) is 0 Å². The molecule has 0 spiro atoms. The molecule has 1 heterocycles. The number of fused-ring (bicyclic) bond motifs is 1. The molecule has 0 bridgehead atoms. The van der Waals surface area contributed by atoms with Crippen LogP contribution in [-0.2, 0) is 9.59 Å². The van der Waals surface area contributed by atoms with Gasteiger partial charge < -0.3 is 4.98 Å². The van der Waals surface area contributed by atoms with E-state index < -0.39 is 0 Å². The molecule has 0 amide bonds. The molecule has 3 nitrogen and oxygen atoms in total. The fourth-order valence-electron chi connectivity index (χ4n) is 1.32. The van der Waals surface area contributed by atoms with Gasteiger partial charge in [0.1, 0.15) is 16.5 Å². The molecule has 0 radical (unpaired) electrons. The lowest BCUT2D eigenvalue weighted by atomic mass is 10.2. The van der Waals surface area contributed by atoms with Crippen LogP contribution in [0.15, 0.2) is 24.3 Å². The lowest BCUT2D eigenvalue weighted by Crippen LogP contribution is -2.25. The molecule has 0 aliphatic heterocycles. The maximum absolute atomic E-state index is 10.5. The molecule has 0 atom stereocenters. The summed E-state index contributed by atoms with van der Waals surface area (Å²) in [6.45, 7) is 0. The van der Waals surface area contributed by atoms with Crippen LogP contribution in [0.2, 0.25) is 0 Å². The molecule has 1 aromatic heterocycles. The Kier molecular flexibility index (Phi) is 1.60. The molecule has 62 valence electrons. The second-order valence-corrected chi connectivity index (χ2v) is 2.62. The minimum absolute atomic E-state index is 0.163. The van der Waals surface area contributed by atoms with Crippen molar-refractivity contribution in [2.45, 2.75) is 0 Å². The van der Waals surface area contributed by atoms with E-state index in [-0.39, 0.29) is 10.6 Å². The second kappa shape index (κ2) is 2.76. The van der Waals surface area contributed by atoms with E-state index in [9.17, 15) is 9.59 Å². The molecule has 0 unspecified atom stereocenters. The van der Waals surface area contributed by atoms with Gasteiger partial charge in [0.25, 0.3) is 0 Å². The van der Waals surface area contributed by atoms with E-state index in [1.54, 1.807) is 30.1 Å². The molecule has 1 aromatic carbocycles. The third-order valence-electron chi connectivity index (χ3n) is 1.91. The summed E-state index contributed by atoms with van der Waals surface area (Å²) in [7, 11) is 0. The first kappa shape index (κ1) is 7.56. The van der Waals surface area contributed by atoms with Crippen LogP contribution in [0, 0.1) is 0 Å². The number of H-pyrrole nitrogens is 1. The molecule has 1 N–H and O–H groups in total. The van der Waals surface area contributed by atoms with Crippen molar-refractivity contribution in [2.24, 2.45) is 0 Å². The molecule has 2 aromatic rings. The van der Waals surface area contributed by atoms with E-state index in [0.29, 0.717) is 5.39 Å². The normalized spacial score (nSPS) is 9.54. The molecule has 0 saturated carbocycles. The third-order valence-corrected chi connectivity index (χ3v) is 1.91. The highest BCUT2D eigenvalue weighted by Crippen LogP contribution is 2.01. The summed E-state index contributed by atoms with van der Waals surface area (Å²) in [6, 6.07) is 7.16. The SMILES string of the molecule is O=C=c1[nH]c2ccccc2c1=C=O. The average molecular weight is 171 g/mol. The molecule has 0 fully saturated rings. The minimum atomic E-state index is 0.163. The van der Waals surface area contributed by atoms with Gasteiger partial charge in [-0.3, -0.25) is 0 Å². The Morgan fingerprint density at radius 2 is 1.85 bits per heavy atom. The van der Waals surface area contributed by atoms with Gasteiger partial charge in [-0.05, 0) is 6.07 Å². The summed E-state index contributed by atoms with van der Waals surface area (Å²) in [4.78, 5) is 23.7. The van der Waals surface area contributed by atoms with E-state index in [1.165, 1.54) is 0 Å². The number of para-hydroxylation sites is 1. The molecular weight excluding hydrogens is 166 g/mol. The first-order valence-corrected chi connectivity index (χ1v) is 3.74. The molecule has 3 heteroatoms. The van der Waals surface area contributed by atoms with Crippen LogP contribution in [0.5, 0.6) is 0 Å². The van der Waals surface area contributed by atoms with Gasteiger partial charge in [-0.25, -0.2) is 9.59 Å². The second-order valence-electron chi connectivity index (χ2n) is 2.62. The zero-order chi connectivity index (χ0) is 9.26. The highest BCUT2D eigenvalue weighted by molar-refractivity contribution is 5.84. The van der Waals surface area contributed by atoms with Gasteiger partial charge in [-0.1, -0.05) is 18.2 Å². The van der Waals surface area contributed by atoms with Crippen molar-refractivity contribution in [3.63, 3.8) is 0 Å². The standard InChI is InChI=1S/C10H5NO2/c12-5-8-7-3-1-2-4-9(7)11-10(8)6-13/h1-4,11H. The van der Waals surface area contributed by atoms with Gasteiger partial charge in [0.05, 0.1) is 0 Å². The average Bonchev–Trinajstić information content (AvgIpc) is 2.55. The summed E-state index contributed by atoms with van der Waals surface area (Å²) < 4.78 is 0. The summed E-state index contributed by atoms with van der Waals surface area (Å²) >= 11 is 0. The van der Waals surface area contributed by atoms with E-state index in [1.807, 2.05) is 6.07 Å². The predicted octanol–water partition coefficient (Wildman–Crippen LogP) is -0.826. The minimum Gasteiger partial charge on any atom is -0.345 e. The summed E-state index contributed by atoms with van der Waals surface area (Å²) in [5, 5.41) is 1.12. The lowest BCUT2D eigenvalue weighted by molar-refractivity contribution is 0.564. The van der Waals surface area contributed by atoms with Crippen LogP contribution in [0.25, 0.3) is 10.9 Å². The Bertz CT molecular complexity index is 614. The molecular formula is C10H5NO2. The lowest BCUT2D eigenvalue weighted by Gasteiger charge is -1.83. The zero-order valence-electron chi connectivity index (χ0n) is 6.63. The number of rotatable bonds is 0. The van der Waals surface area contributed by atoms with Crippen LogP contribution in [0.3, 0.4) is 0 Å². The summed E-state index contributed by atoms with van der Waals surface area (Å²) in [5.74, 6) is 3.39. The number of carbonyl (C=O) groups excluding carboxylic acids is 2. The van der Waals surface area contributed by atoms with Crippen molar-refractivity contribution in [1.82, 2.24) is 4.98 Å². The quantitative estimate of drug-likeness (QED) is 0.562. The van der Waals surface area contributed by atoms with Crippen molar-refractivity contribution < 1.29 is 9.59 Å². The number of hydrogen-bond acceptors (Lipinski definition) is 2. The fourth-order valence-corrected chi connectivity index (χ4v) is 1.32. The molecule has 0 saturated heterocycles. The maximum Gasteiger partial charge on any atom is 0.152 e. The summed E-state index contributed by atoms with van der Waals surface area (Å²) in [6.07, 6.45) is 0. The molecule has 0 aliphatic carbocycles. The van der Waals surface area contributed by atoms with E-state index >= 15 is 0 Å². The smallest absolute Gasteiger partial charge is 0.152 e. The molecule has 0 aliphatic rings. The van der Waals surface area contributed by atoms with Crippen LogP contribution in [0.4, 0.5) is 0 Å². The highest BCUT2D eigenvalue weighted by Gasteiger charge is 1.98. The van der Waals surface area contributed by atoms with Gasteiger partial charge >= 0.3 is 0 Å². The Balaban J connectivity index is 3.28. The predicted molar refractivity (Wildman–Crippen MR) is 47.1 cm³/mol. The van der Waals surface area contributed by atoms with Crippen LogP contribution in [-0.4, -0.2) is 16.9 Å². The largest absolute Gasteiger partial charge is 0.345 e. The number of benzene rings is 1. The van der Waals surface area contributed by atoms with Crippen molar-refractivity contribution in [2.75, 3.05) is 0 Å². The van der Waals surface area contributed by atoms with Crippen LogP contribution >= 0.6 is 0 Å². The Morgan fingerprint density at radius 3 is 2.54 bits per heavy atom. The van der Waals surface area contributed by atoms with Gasteiger partial charge in [0.2, 0.25) is 0 Å².